The van der Waals surface area contributed by atoms with Crippen LogP contribution in [-0.2, 0) is 12.1 Å². The topological polar surface area (TPSA) is 98.7 Å². The number of aliphatic hydroxyl groups is 1. The Labute approximate surface area is 177 Å². The molecular formula is C19H14ClF3N6O2. The Hall–Kier alpha value is -3.31. The van der Waals surface area contributed by atoms with E-state index in [1.807, 2.05) is 0 Å². The van der Waals surface area contributed by atoms with Crippen LogP contribution in [0.5, 0.6) is 0 Å². The Morgan fingerprint density at radius 1 is 1.19 bits per heavy atom. The molecule has 0 aliphatic carbocycles. The molecule has 0 aliphatic heterocycles. The maximum Gasteiger partial charge on any atom is 0.278 e. The molecule has 0 bridgehead atoms. The second kappa shape index (κ2) is 7.75. The lowest BCUT2D eigenvalue weighted by Crippen LogP contribution is -2.44. The molecule has 1 N–H and O–H groups in total. The highest BCUT2D eigenvalue weighted by atomic mass is 35.5. The summed E-state index contributed by atoms with van der Waals surface area (Å²) in [5.74, 6) is -2.71. The number of aromatic nitrogens is 6. The molecule has 2 atom stereocenters. The van der Waals surface area contributed by atoms with Crippen molar-refractivity contribution >= 4 is 22.5 Å². The molecular weight excluding hydrogens is 437 g/mol. The van der Waals surface area contributed by atoms with E-state index in [4.69, 9.17) is 11.6 Å². The molecule has 0 amide bonds. The van der Waals surface area contributed by atoms with Crippen molar-refractivity contribution in [3.63, 3.8) is 0 Å². The maximum absolute atomic E-state index is 14.7. The van der Waals surface area contributed by atoms with E-state index in [0.29, 0.717) is 6.07 Å². The zero-order valence-electron chi connectivity index (χ0n) is 15.9. The van der Waals surface area contributed by atoms with E-state index in [1.54, 1.807) is 0 Å². The van der Waals surface area contributed by atoms with E-state index in [1.165, 1.54) is 24.3 Å². The molecule has 31 heavy (non-hydrogen) atoms. The van der Waals surface area contributed by atoms with E-state index in [9.17, 15) is 23.1 Å². The Balaban J connectivity index is 1.90. The fourth-order valence-corrected chi connectivity index (χ4v) is 3.51. The Morgan fingerprint density at radius 3 is 2.65 bits per heavy atom. The van der Waals surface area contributed by atoms with Gasteiger partial charge in [0.25, 0.3) is 5.56 Å². The predicted molar refractivity (Wildman–Crippen MR) is 104 cm³/mol. The summed E-state index contributed by atoms with van der Waals surface area (Å²) in [7, 11) is 0. The normalized spacial score (nSPS) is 14.5. The van der Waals surface area contributed by atoms with E-state index in [0.717, 1.165) is 28.9 Å². The molecule has 12 heteroatoms. The fourth-order valence-electron chi connectivity index (χ4n) is 3.35. The van der Waals surface area contributed by atoms with Crippen LogP contribution in [0.4, 0.5) is 13.2 Å². The van der Waals surface area contributed by atoms with Crippen LogP contribution in [0.2, 0.25) is 5.02 Å². The van der Waals surface area contributed by atoms with Crippen molar-refractivity contribution in [3.05, 3.63) is 81.4 Å². The van der Waals surface area contributed by atoms with Crippen LogP contribution >= 0.6 is 11.6 Å². The van der Waals surface area contributed by atoms with Gasteiger partial charge in [-0.15, -0.1) is 5.10 Å². The van der Waals surface area contributed by atoms with Gasteiger partial charge in [-0.3, -0.25) is 4.79 Å². The standard InChI is InChI=1S/C19H14ClF3N6O2/c1-10(29-18(30)12-5-16(23)14(20)6-17(12)26-27-29)19(31,7-28-9-24-8-25-28)13-3-2-11(21)4-15(13)22/h2-6,8-10,31H,7H2,1H3. The second-order valence-electron chi connectivity index (χ2n) is 6.94. The van der Waals surface area contributed by atoms with Gasteiger partial charge in [-0.25, -0.2) is 27.5 Å². The van der Waals surface area contributed by atoms with Crippen LogP contribution in [0.15, 0.2) is 47.8 Å². The Bertz CT molecular complexity index is 1330. The molecule has 2 aromatic carbocycles. The zero-order chi connectivity index (χ0) is 22.3. The van der Waals surface area contributed by atoms with E-state index in [2.05, 4.69) is 20.4 Å². The third kappa shape index (κ3) is 3.66. The molecule has 2 unspecified atom stereocenters. The molecule has 0 fully saturated rings. The highest BCUT2D eigenvalue weighted by Gasteiger charge is 2.41. The summed E-state index contributed by atoms with van der Waals surface area (Å²) in [6.45, 7) is 1.05. The van der Waals surface area contributed by atoms with Gasteiger partial charge in [-0.2, -0.15) is 5.10 Å². The third-order valence-corrected chi connectivity index (χ3v) is 5.34. The highest BCUT2D eigenvalue weighted by Crippen LogP contribution is 2.36. The first-order chi connectivity index (χ1) is 14.7. The van der Waals surface area contributed by atoms with Gasteiger partial charge in [0, 0.05) is 11.6 Å². The van der Waals surface area contributed by atoms with Gasteiger partial charge < -0.3 is 5.11 Å². The smallest absolute Gasteiger partial charge is 0.278 e. The van der Waals surface area contributed by atoms with Gasteiger partial charge in [0.15, 0.2) is 0 Å². The van der Waals surface area contributed by atoms with Crippen molar-refractivity contribution in [1.29, 1.82) is 0 Å². The molecule has 0 spiro atoms. The van der Waals surface area contributed by atoms with Crippen LogP contribution in [0.25, 0.3) is 10.9 Å². The summed E-state index contributed by atoms with van der Waals surface area (Å²) in [6, 6.07) is 3.48. The molecule has 2 aromatic heterocycles. The van der Waals surface area contributed by atoms with Gasteiger partial charge in [-0.05, 0) is 25.1 Å². The summed E-state index contributed by atoms with van der Waals surface area (Å²) in [5.41, 5.74) is -3.17. The van der Waals surface area contributed by atoms with Crippen LogP contribution in [-0.4, -0.2) is 34.9 Å². The number of hydrogen-bond acceptors (Lipinski definition) is 6. The number of nitrogens with zero attached hydrogens (tertiary/aromatic N) is 6. The fraction of sp³-hybridized carbons (Fsp3) is 0.211. The van der Waals surface area contributed by atoms with Crippen molar-refractivity contribution in [2.24, 2.45) is 0 Å². The van der Waals surface area contributed by atoms with E-state index >= 15 is 0 Å². The monoisotopic (exact) mass is 450 g/mol. The third-order valence-electron chi connectivity index (χ3n) is 5.05. The molecule has 160 valence electrons. The summed E-state index contributed by atoms with van der Waals surface area (Å²) >= 11 is 5.73. The van der Waals surface area contributed by atoms with Crippen molar-refractivity contribution in [2.75, 3.05) is 0 Å². The molecule has 0 aliphatic rings. The molecule has 0 saturated carbocycles. The summed E-state index contributed by atoms with van der Waals surface area (Å²) in [4.78, 5) is 16.8. The number of halogens is 4. The average Bonchev–Trinajstić information content (AvgIpc) is 3.22. The van der Waals surface area contributed by atoms with Gasteiger partial charge in [0.2, 0.25) is 0 Å². The van der Waals surface area contributed by atoms with Crippen molar-refractivity contribution in [1.82, 2.24) is 29.8 Å². The number of rotatable bonds is 5. The van der Waals surface area contributed by atoms with E-state index in [-0.39, 0.29) is 28.0 Å². The largest absolute Gasteiger partial charge is 0.381 e. The lowest BCUT2D eigenvalue weighted by atomic mass is 9.86. The van der Waals surface area contributed by atoms with E-state index < -0.39 is 34.7 Å². The SMILES string of the molecule is CC(n1nnc2cc(Cl)c(F)cc2c1=O)C(O)(Cn1cncn1)c1ccc(F)cc1F. The summed E-state index contributed by atoms with van der Waals surface area (Å²) in [5, 5.41) is 22.8. The van der Waals surface area contributed by atoms with Crippen molar-refractivity contribution in [2.45, 2.75) is 25.1 Å². The summed E-state index contributed by atoms with van der Waals surface area (Å²) in [6.07, 6.45) is 2.49. The lowest BCUT2D eigenvalue weighted by Gasteiger charge is -2.34. The van der Waals surface area contributed by atoms with Crippen LogP contribution in [0.1, 0.15) is 18.5 Å². The van der Waals surface area contributed by atoms with Gasteiger partial charge in [0.1, 0.15) is 41.2 Å². The average molecular weight is 451 g/mol. The first-order valence-corrected chi connectivity index (χ1v) is 9.33. The molecule has 8 nitrogen and oxygen atoms in total. The van der Waals surface area contributed by atoms with Crippen molar-refractivity contribution in [3.8, 4) is 0 Å². The molecule has 4 rings (SSSR count). The maximum atomic E-state index is 14.7. The first-order valence-electron chi connectivity index (χ1n) is 8.95. The Morgan fingerprint density at radius 2 is 1.97 bits per heavy atom. The Kier molecular flexibility index (Phi) is 5.23. The summed E-state index contributed by atoms with van der Waals surface area (Å²) < 4.78 is 44.1. The lowest BCUT2D eigenvalue weighted by molar-refractivity contribution is -0.0390. The molecule has 2 heterocycles. The minimum atomic E-state index is -2.14. The number of benzene rings is 2. The van der Waals surface area contributed by atoms with Gasteiger partial charge in [0.05, 0.1) is 23.0 Å². The molecule has 0 radical (unpaired) electrons. The quantitative estimate of drug-likeness (QED) is 0.502. The van der Waals surface area contributed by atoms with Crippen LogP contribution < -0.4 is 5.56 Å². The number of fused-ring (bicyclic) bond motifs is 1. The minimum Gasteiger partial charge on any atom is -0.381 e. The first kappa shape index (κ1) is 20.9. The zero-order valence-corrected chi connectivity index (χ0v) is 16.6. The van der Waals surface area contributed by atoms with Gasteiger partial charge in [-0.1, -0.05) is 22.9 Å². The van der Waals surface area contributed by atoms with Gasteiger partial charge >= 0.3 is 0 Å². The van der Waals surface area contributed by atoms with Crippen LogP contribution in [0.3, 0.4) is 0 Å². The predicted octanol–water partition coefficient (Wildman–Crippen LogP) is 2.60. The second-order valence-corrected chi connectivity index (χ2v) is 7.35. The minimum absolute atomic E-state index is 0.0487. The molecule has 0 saturated heterocycles. The van der Waals surface area contributed by atoms with Crippen LogP contribution in [0, 0.1) is 17.5 Å². The van der Waals surface area contributed by atoms with Crippen molar-refractivity contribution < 1.29 is 18.3 Å². The number of hydrogen-bond donors (Lipinski definition) is 1. The molecule has 4 aromatic rings. The highest BCUT2D eigenvalue weighted by molar-refractivity contribution is 6.31.